The van der Waals surface area contributed by atoms with Crippen molar-refractivity contribution in [2.75, 3.05) is 0 Å². The van der Waals surface area contributed by atoms with Gasteiger partial charge in [-0.25, -0.2) is 4.39 Å². The van der Waals surface area contributed by atoms with E-state index >= 15 is 0 Å². The minimum Gasteiger partial charge on any atom is -0.214 e. The molecule has 0 aliphatic carbocycles. The third-order valence-electron chi connectivity index (χ3n) is 0.652. The molecule has 0 amide bonds. The summed E-state index contributed by atoms with van der Waals surface area (Å²) < 4.78 is 34.5. The van der Waals surface area contributed by atoms with E-state index in [0.29, 0.717) is 0 Å². The summed E-state index contributed by atoms with van der Waals surface area (Å²) >= 11 is 11.5. The average Bonchev–Trinajstić information content (AvgIpc) is 1.62. The van der Waals surface area contributed by atoms with E-state index in [9.17, 15) is 13.2 Å². The minimum absolute atomic E-state index is 0.936. The van der Waals surface area contributed by atoms with Crippen molar-refractivity contribution >= 4 is 68.4 Å². The standard InChI is InChI=1S/C3HCl2F3I2/c4-1(5)2(6,7)3(8,9)10/h1H. The molecule has 0 atom stereocenters. The van der Waals surface area contributed by atoms with Gasteiger partial charge in [0, 0.05) is 0 Å². The van der Waals surface area contributed by atoms with E-state index in [1.165, 1.54) is 0 Å². The van der Waals surface area contributed by atoms with Crippen LogP contribution in [0.5, 0.6) is 0 Å². The van der Waals surface area contributed by atoms with Gasteiger partial charge < -0.3 is 0 Å². The topological polar surface area (TPSA) is 0 Å². The fourth-order valence-electron chi connectivity index (χ4n) is 0.124. The van der Waals surface area contributed by atoms with Crippen molar-refractivity contribution in [1.82, 2.24) is 0 Å². The zero-order chi connectivity index (χ0) is 8.58. The lowest BCUT2D eigenvalue weighted by Crippen LogP contribution is -2.39. The van der Waals surface area contributed by atoms with Gasteiger partial charge in [-0.3, -0.25) is 0 Å². The highest BCUT2D eigenvalue weighted by atomic mass is 127. The average molecular weight is 419 g/mol. The normalized spacial score (nSPS) is 14.4. The molecule has 0 spiro atoms. The van der Waals surface area contributed by atoms with E-state index in [2.05, 4.69) is 0 Å². The molecular weight excluding hydrogens is 418 g/mol. The highest BCUT2D eigenvalue weighted by molar-refractivity contribution is 14.2. The zero-order valence-corrected chi connectivity index (χ0v) is 10.0. The Morgan fingerprint density at radius 2 is 1.40 bits per heavy atom. The van der Waals surface area contributed by atoms with Gasteiger partial charge in [-0.1, -0.05) is 23.2 Å². The number of hydrogen-bond acceptors (Lipinski definition) is 0. The lowest BCUT2D eigenvalue weighted by atomic mass is 10.4. The molecule has 0 nitrogen and oxygen atoms in total. The Kier molecular flexibility index (Phi) is 4.37. The van der Waals surface area contributed by atoms with E-state index < -0.39 is 12.4 Å². The van der Waals surface area contributed by atoms with Crippen LogP contribution in [0.3, 0.4) is 0 Å². The summed E-state index contributed by atoms with van der Waals surface area (Å²) in [7, 11) is 0. The number of rotatable bonds is 2. The smallest absolute Gasteiger partial charge is 0.214 e. The van der Waals surface area contributed by atoms with Gasteiger partial charge in [-0.15, -0.1) is 0 Å². The second-order valence-electron chi connectivity index (χ2n) is 1.42. The van der Waals surface area contributed by atoms with Crippen molar-refractivity contribution in [1.29, 1.82) is 0 Å². The summed E-state index contributed by atoms with van der Waals surface area (Å²) in [6.45, 7) is 0. The van der Waals surface area contributed by atoms with Gasteiger partial charge in [0.25, 0.3) is 1.68 Å². The van der Waals surface area contributed by atoms with E-state index in [-0.39, 0.29) is 0 Å². The molecule has 7 heteroatoms. The Balaban J connectivity index is 4.40. The fraction of sp³-hybridized carbons (Fsp3) is 1.00. The van der Waals surface area contributed by atoms with Crippen molar-refractivity contribution < 1.29 is 13.2 Å². The first-order valence-corrected chi connectivity index (χ1v) is 4.95. The Morgan fingerprint density at radius 3 is 1.40 bits per heavy atom. The Morgan fingerprint density at radius 1 is 1.10 bits per heavy atom. The van der Waals surface area contributed by atoms with Crippen molar-refractivity contribution in [3.63, 3.8) is 0 Å². The van der Waals surface area contributed by atoms with E-state index in [0.717, 1.165) is 45.2 Å². The van der Waals surface area contributed by atoms with Crippen molar-refractivity contribution in [2.45, 2.75) is 12.4 Å². The predicted molar refractivity (Wildman–Crippen MR) is 52.3 cm³/mol. The number of hydrogen-bond donors (Lipinski definition) is 0. The SMILES string of the molecule is FC(I)(I)C(F)(F)C(Cl)Cl. The first kappa shape index (κ1) is 11.8. The third kappa shape index (κ3) is 2.71. The molecule has 0 N–H and O–H groups in total. The molecule has 0 saturated heterocycles. The second kappa shape index (κ2) is 3.69. The summed E-state index contributed by atoms with van der Waals surface area (Å²) in [6.07, 6.45) is 0. The summed E-state index contributed by atoms with van der Waals surface area (Å²) in [5.41, 5.74) is 0. The second-order valence-corrected chi connectivity index (χ2v) is 7.55. The van der Waals surface area contributed by atoms with Gasteiger partial charge >= 0.3 is 5.92 Å². The Bertz CT molecular complexity index is 121. The summed E-state index contributed by atoms with van der Waals surface area (Å²) in [5.74, 6) is -3.72. The van der Waals surface area contributed by atoms with Crippen LogP contribution < -0.4 is 0 Å². The summed E-state index contributed by atoms with van der Waals surface area (Å²) in [4.78, 5) is -2.02. The first-order chi connectivity index (χ1) is 4.19. The fourth-order valence-corrected chi connectivity index (χ4v) is 1.78. The first-order valence-electron chi connectivity index (χ1n) is 1.92. The van der Waals surface area contributed by atoms with Gasteiger partial charge in [0.05, 0.1) is 0 Å². The van der Waals surface area contributed by atoms with Crippen molar-refractivity contribution in [3.05, 3.63) is 0 Å². The molecule has 0 unspecified atom stereocenters. The lowest BCUT2D eigenvalue weighted by Gasteiger charge is -2.23. The van der Waals surface area contributed by atoms with Crippen molar-refractivity contribution in [2.24, 2.45) is 0 Å². The lowest BCUT2D eigenvalue weighted by molar-refractivity contribution is -0.0241. The monoisotopic (exact) mass is 418 g/mol. The summed E-state index contributed by atoms with van der Waals surface area (Å²) in [6, 6.07) is 0. The molecule has 0 heterocycles. The Hall–Kier alpha value is 1.83. The van der Waals surface area contributed by atoms with Gasteiger partial charge in [0.1, 0.15) is 0 Å². The zero-order valence-electron chi connectivity index (χ0n) is 4.22. The maximum absolute atomic E-state index is 12.5. The van der Waals surface area contributed by atoms with E-state index in [1.54, 1.807) is 0 Å². The largest absolute Gasteiger partial charge is 0.329 e. The molecule has 0 aromatic carbocycles. The van der Waals surface area contributed by atoms with Crippen LogP contribution in [0.1, 0.15) is 0 Å². The van der Waals surface area contributed by atoms with Crippen molar-refractivity contribution in [3.8, 4) is 0 Å². The Labute approximate surface area is 93.1 Å². The molecule has 0 aliphatic heterocycles. The maximum Gasteiger partial charge on any atom is 0.329 e. The van der Waals surface area contributed by atoms with Crippen LogP contribution in [0, 0.1) is 0 Å². The van der Waals surface area contributed by atoms with Crippen LogP contribution in [0.4, 0.5) is 13.2 Å². The molecule has 0 fully saturated rings. The van der Waals surface area contributed by atoms with Crippen LogP contribution in [0.2, 0.25) is 0 Å². The van der Waals surface area contributed by atoms with Crippen LogP contribution >= 0.6 is 68.4 Å². The molecule has 0 radical (unpaired) electrons. The minimum atomic E-state index is -3.72. The van der Waals surface area contributed by atoms with Crippen LogP contribution in [-0.4, -0.2) is 12.4 Å². The molecule has 0 rings (SSSR count). The van der Waals surface area contributed by atoms with Gasteiger partial charge in [0.15, 0.2) is 4.84 Å². The highest BCUT2D eigenvalue weighted by Crippen LogP contribution is 2.48. The summed E-state index contributed by atoms with van der Waals surface area (Å²) in [5, 5.41) is 0. The molecular formula is C3HCl2F3I2. The third-order valence-corrected chi connectivity index (χ3v) is 2.64. The molecule has 0 saturated carbocycles. The predicted octanol–water partition coefficient (Wildman–Crippen LogP) is 3.92. The van der Waals surface area contributed by atoms with Gasteiger partial charge in [0.2, 0.25) is 0 Å². The van der Waals surface area contributed by atoms with Crippen LogP contribution in [-0.2, 0) is 0 Å². The maximum atomic E-state index is 12.5. The molecule has 62 valence electrons. The van der Waals surface area contributed by atoms with E-state index in [1.807, 2.05) is 0 Å². The molecule has 0 aliphatic rings. The van der Waals surface area contributed by atoms with Crippen LogP contribution in [0.25, 0.3) is 0 Å². The van der Waals surface area contributed by atoms with E-state index in [4.69, 9.17) is 23.2 Å². The van der Waals surface area contributed by atoms with Gasteiger partial charge in [-0.05, 0) is 45.2 Å². The molecule has 0 aromatic heterocycles. The molecule has 10 heavy (non-hydrogen) atoms. The number of alkyl halides is 7. The molecule has 0 bridgehead atoms. The highest BCUT2D eigenvalue weighted by Gasteiger charge is 2.56. The molecule has 0 aromatic rings. The number of halogens is 7. The van der Waals surface area contributed by atoms with Crippen LogP contribution in [0.15, 0.2) is 0 Å². The van der Waals surface area contributed by atoms with Gasteiger partial charge in [-0.2, -0.15) is 8.78 Å². The quantitative estimate of drug-likeness (QED) is 0.471.